The number of hydrogen-bond acceptors (Lipinski definition) is 3. The molecule has 0 fully saturated rings. The highest BCUT2D eigenvalue weighted by Crippen LogP contribution is 2.39. The number of fused-ring (bicyclic) bond motifs is 2. The zero-order valence-electron chi connectivity index (χ0n) is 28.9. The first-order valence-electron chi connectivity index (χ1n) is 17.2. The van der Waals surface area contributed by atoms with Crippen LogP contribution in [0.5, 0.6) is 0 Å². The van der Waals surface area contributed by atoms with E-state index < -0.39 is 0 Å². The second-order valence-electron chi connectivity index (χ2n) is 12.9. The maximum Gasteiger partial charge on any atom is 0.0625 e. The van der Waals surface area contributed by atoms with E-state index in [0.29, 0.717) is 5.71 Å². The van der Waals surface area contributed by atoms with Gasteiger partial charge in [-0.2, -0.15) is 5.10 Å². The smallest absolute Gasteiger partial charge is 0.0625 e. The molecule has 4 nitrogen and oxygen atoms in total. The number of aryl methyl sites for hydroxylation is 6. The van der Waals surface area contributed by atoms with Gasteiger partial charge in [0.25, 0.3) is 0 Å². The Morgan fingerprint density at radius 3 is 2.50 bits per heavy atom. The number of halogens is 1. The lowest BCUT2D eigenvalue weighted by Crippen LogP contribution is -2.04. The minimum atomic E-state index is 0.581. The second kappa shape index (κ2) is 15.3. The Kier molecular flexibility index (Phi) is 11.4. The quantitative estimate of drug-likeness (QED) is 0.0835. The van der Waals surface area contributed by atoms with Gasteiger partial charge in [-0.15, -0.1) is 11.8 Å². The summed E-state index contributed by atoms with van der Waals surface area (Å²) in [6.45, 7) is 10.6. The molecule has 0 unspecified atom stereocenters. The maximum absolute atomic E-state index is 8.66. The number of aromatic nitrogens is 3. The molecule has 0 spiro atoms. The van der Waals surface area contributed by atoms with E-state index in [1.54, 1.807) is 0 Å². The van der Waals surface area contributed by atoms with E-state index in [2.05, 4.69) is 93.9 Å². The summed E-state index contributed by atoms with van der Waals surface area (Å²) >= 11 is 8.88. The van der Waals surface area contributed by atoms with Crippen molar-refractivity contribution in [3.8, 4) is 0 Å². The Bertz CT molecular complexity index is 1800. The van der Waals surface area contributed by atoms with Gasteiger partial charge in [0, 0.05) is 58.4 Å². The van der Waals surface area contributed by atoms with Gasteiger partial charge in [-0.25, -0.2) is 0 Å². The maximum atomic E-state index is 8.66. The van der Waals surface area contributed by atoms with Crippen molar-refractivity contribution in [2.24, 2.45) is 14.1 Å². The van der Waals surface area contributed by atoms with Crippen LogP contribution in [0.4, 0.5) is 0 Å². The molecule has 0 amide bonds. The van der Waals surface area contributed by atoms with Crippen LogP contribution in [0.2, 0.25) is 5.02 Å². The molecular weight excluding hydrogens is 604 g/mol. The summed E-state index contributed by atoms with van der Waals surface area (Å²) < 4.78 is 4.42. The van der Waals surface area contributed by atoms with E-state index in [1.165, 1.54) is 60.7 Å². The first-order valence-corrected chi connectivity index (χ1v) is 18.6. The summed E-state index contributed by atoms with van der Waals surface area (Å²) in [6.07, 6.45) is 15.4. The van der Waals surface area contributed by atoms with E-state index in [1.807, 2.05) is 23.4 Å². The summed E-state index contributed by atoms with van der Waals surface area (Å²) in [6, 6.07) is 11.4. The number of nitrogens with one attached hydrogen (secondary N) is 1. The second-order valence-corrected chi connectivity index (χ2v) is 14.3. The largest absolute Gasteiger partial charge is 0.347 e. The van der Waals surface area contributed by atoms with Crippen molar-refractivity contribution in [1.29, 1.82) is 5.41 Å². The van der Waals surface area contributed by atoms with Crippen LogP contribution in [0.15, 0.2) is 46.9 Å². The molecule has 244 valence electrons. The zero-order chi connectivity index (χ0) is 33.0. The molecule has 46 heavy (non-hydrogen) atoms. The molecule has 0 radical (unpaired) electrons. The van der Waals surface area contributed by atoms with Crippen molar-refractivity contribution < 1.29 is 0 Å². The lowest BCUT2D eigenvalue weighted by atomic mass is 9.90. The molecule has 0 atom stereocenters. The van der Waals surface area contributed by atoms with Gasteiger partial charge in [0.05, 0.1) is 16.2 Å². The van der Waals surface area contributed by atoms with Crippen LogP contribution >= 0.6 is 23.4 Å². The summed E-state index contributed by atoms with van der Waals surface area (Å²) in [4.78, 5) is 1.37. The number of benzene rings is 2. The van der Waals surface area contributed by atoms with E-state index in [-0.39, 0.29) is 0 Å². The molecule has 2 aromatic heterocycles. The topological polar surface area (TPSA) is 46.6 Å². The molecular formula is C40H51ClN4S. The Labute approximate surface area is 285 Å². The average Bonchev–Trinajstić information content (AvgIpc) is 3.54. The van der Waals surface area contributed by atoms with Gasteiger partial charge in [-0.05, 0) is 118 Å². The third kappa shape index (κ3) is 7.11. The standard InChI is InChI=1S/C40H51ClN4S/c1-8-15-37-34(35-20-21-36(41)39(40(35)44(37)6)38(27(5)42)26(4)9-2)19-14-12-17-29-23-32(22-28-16-11-13-18-33(28)29)46-25-31-24-30(10-3)43-45(31)7/h13,18,20-24,42H,8-12,14-17,19,25H2,1-7H3/b38-26-,42-27?. The van der Waals surface area contributed by atoms with Crippen LogP contribution in [-0.2, 0) is 52.0 Å². The highest BCUT2D eigenvalue weighted by Gasteiger charge is 2.23. The molecule has 0 saturated heterocycles. The van der Waals surface area contributed by atoms with Crippen LogP contribution in [0.25, 0.3) is 22.6 Å². The van der Waals surface area contributed by atoms with E-state index in [4.69, 9.17) is 17.0 Å². The van der Waals surface area contributed by atoms with Gasteiger partial charge in [-0.3, -0.25) is 4.68 Å². The van der Waals surface area contributed by atoms with Crippen molar-refractivity contribution in [2.75, 3.05) is 0 Å². The van der Waals surface area contributed by atoms with Crippen LogP contribution in [0, 0.1) is 5.41 Å². The summed E-state index contributed by atoms with van der Waals surface area (Å²) in [5.74, 6) is 0.942. The predicted octanol–water partition coefficient (Wildman–Crippen LogP) is 11.1. The highest BCUT2D eigenvalue weighted by atomic mass is 35.5. The highest BCUT2D eigenvalue weighted by molar-refractivity contribution is 7.98. The zero-order valence-corrected chi connectivity index (χ0v) is 30.5. The van der Waals surface area contributed by atoms with Gasteiger partial charge in [0.15, 0.2) is 0 Å². The Morgan fingerprint density at radius 2 is 1.80 bits per heavy atom. The van der Waals surface area contributed by atoms with Crippen molar-refractivity contribution in [3.63, 3.8) is 0 Å². The van der Waals surface area contributed by atoms with Crippen LogP contribution in [0.3, 0.4) is 0 Å². The SMILES string of the molecule is CCCc1c(CCCCc2cc(SCc3cc(CC)nn3C)cc3c2C=CCC3)c2ccc(Cl)c(/C(C(C)=N)=C(/C)CC)c2n1C. The third-order valence-corrected chi connectivity index (χ3v) is 11.0. The molecule has 0 aliphatic heterocycles. The predicted molar refractivity (Wildman–Crippen MR) is 201 cm³/mol. The molecule has 1 aliphatic rings. The average molecular weight is 655 g/mol. The van der Waals surface area contributed by atoms with Gasteiger partial charge >= 0.3 is 0 Å². The van der Waals surface area contributed by atoms with Gasteiger partial charge in [0.1, 0.15) is 0 Å². The Morgan fingerprint density at radius 1 is 1.02 bits per heavy atom. The molecule has 2 aromatic carbocycles. The number of thioether (sulfide) groups is 1. The van der Waals surface area contributed by atoms with Gasteiger partial charge in [-0.1, -0.05) is 62.6 Å². The molecule has 1 aliphatic carbocycles. The molecule has 0 bridgehead atoms. The molecule has 4 aromatic rings. The van der Waals surface area contributed by atoms with Crippen LogP contribution in [0.1, 0.15) is 112 Å². The van der Waals surface area contributed by atoms with Gasteiger partial charge < -0.3 is 9.98 Å². The Balaban J connectivity index is 1.39. The first kappa shape index (κ1) is 34.3. The first-order chi connectivity index (χ1) is 22.2. The van der Waals surface area contributed by atoms with E-state index >= 15 is 0 Å². The van der Waals surface area contributed by atoms with Crippen molar-refractivity contribution >= 4 is 51.6 Å². The van der Waals surface area contributed by atoms with E-state index in [9.17, 15) is 0 Å². The third-order valence-electron chi connectivity index (χ3n) is 9.70. The number of hydrogen-bond donors (Lipinski definition) is 1. The Hall–Kier alpha value is -3.02. The summed E-state index contributed by atoms with van der Waals surface area (Å²) in [7, 11) is 4.26. The summed E-state index contributed by atoms with van der Waals surface area (Å²) in [5, 5.41) is 15.3. The molecule has 1 N–H and O–H groups in total. The number of rotatable bonds is 14. The normalized spacial score (nSPS) is 13.4. The molecule has 6 heteroatoms. The fraction of sp³-hybridized carbons (Fsp3) is 0.450. The molecule has 0 saturated carbocycles. The number of allylic oxidation sites excluding steroid dienone is 3. The summed E-state index contributed by atoms with van der Waals surface area (Å²) in [5.41, 5.74) is 14.8. The minimum Gasteiger partial charge on any atom is -0.347 e. The minimum absolute atomic E-state index is 0.581. The van der Waals surface area contributed by atoms with Crippen LogP contribution < -0.4 is 0 Å². The molecule has 5 rings (SSSR count). The van der Waals surface area contributed by atoms with E-state index in [0.717, 1.165) is 86.1 Å². The van der Waals surface area contributed by atoms with Crippen molar-refractivity contribution in [3.05, 3.63) is 91.9 Å². The lowest BCUT2D eigenvalue weighted by Gasteiger charge is -2.18. The number of unbranched alkanes of at least 4 members (excludes halogenated alkanes) is 1. The fourth-order valence-electron chi connectivity index (χ4n) is 7.17. The van der Waals surface area contributed by atoms with Crippen molar-refractivity contribution in [2.45, 2.75) is 109 Å². The van der Waals surface area contributed by atoms with Crippen molar-refractivity contribution in [1.82, 2.24) is 14.3 Å². The molecule has 2 heterocycles. The van der Waals surface area contributed by atoms with Crippen LogP contribution in [-0.4, -0.2) is 20.1 Å². The van der Waals surface area contributed by atoms with Gasteiger partial charge in [0.2, 0.25) is 0 Å². The lowest BCUT2D eigenvalue weighted by molar-refractivity contribution is 0.715. The fourth-order valence-corrected chi connectivity index (χ4v) is 8.46. The monoisotopic (exact) mass is 654 g/mol. The number of nitrogens with zero attached hydrogens (tertiary/aromatic N) is 3.